The first-order valence-corrected chi connectivity index (χ1v) is 23.8. The zero-order valence-electron chi connectivity index (χ0n) is 38.1. The van der Waals surface area contributed by atoms with Crippen LogP contribution in [0.3, 0.4) is 0 Å². The van der Waals surface area contributed by atoms with Crippen LogP contribution in [-0.4, -0.2) is 53.2 Å². The average Bonchev–Trinajstić information content (AvgIpc) is 3.84. The van der Waals surface area contributed by atoms with Crippen LogP contribution in [0.1, 0.15) is 138 Å². The highest BCUT2D eigenvalue weighted by Gasteiger charge is 2.47. The van der Waals surface area contributed by atoms with E-state index in [2.05, 4.69) is 55.4 Å². The molecule has 70 heavy (non-hydrogen) atoms. The second-order valence-electron chi connectivity index (χ2n) is 19.0. The summed E-state index contributed by atoms with van der Waals surface area (Å²) in [5, 5.41) is 26.8. The van der Waals surface area contributed by atoms with Crippen molar-refractivity contribution in [3.8, 4) is 11.4 Å². The molecule has 0 aliphatic heterocycles. The summed E-state index contributed by atoms with van der Waals surface area (Å²) < 4.78 is 86.9. The van der Waals surface area contributed by atoms with E-state index in [-0.39, 0.29) is 85.4 Å². The van der Waals surface area contributed by atoms with Crippen LogP contribution in [0.5, 0.6) is 0 Å². The maximum absolute atomic E-state index is 13.8. The van der Waals surface area contributed by atoms with Gasteiger partial charge in [0.05, 0.1) is 47.1 Å². The van der Waals surface area contributed by atoms with Crippen LogP contribution in [-0.2, 0) is 51.2 Å². The van der Waals surface area contributed by atoms with Crippen LogP contribution in [0.25, 0.3) is 11.4 Å². The largest absolute Gasteiger partial charge is 0.435 e. The molecule has 6 aromatic rings. The van der Waals surface area contributed by atoms with Crippen LogP contribution in [0.4, 0.5) is 26.3 Å². The summed E-state index contributed by atoms with van der Waals surface area (Å²) in [4.78, 5) is 49.6. The molecule has 368 valence electrons. The molecule has 0 fully saturated rings. The molecule has 0 bridgehead atoms. The topological polar surface area (TPSA) is 196 Å². The van der Waals surface area contributed by atoms with Crippen LogP contribution < -0.4 is 11.5 Å². The Morgan fingerprint density at radius 1 is 0.629 bits per heavy atom. The van der Waals surface area contributed by atoms with Crippen molar-refractivity contribution in [1.29, 1.82) is 0 Å². The van der Waals surface area contributed by atoms with Gasteiger partial charge in [-0.2, -0.15) is 36.5 Å². The monoisotopic (exact) mass is 1200 g/mol. The SMILES string of the molecule is CC1(C)CC(=O)c2c(C(F)(F)F)nn(-c3ccc(C(N)=O)c(Cc4ccc([124I])c(CO)c4)c3)c2C1.CC1(C)CC(=O)c2c(C(F)(F)F)nn(-c3ccc(C(N)=O)c(Cc4ccc([131I])c(CO)c4)c3)c2C1. The van der Waals surface area contributed by atoms with Gasteiger partial charge in [-0.05, 0) is 164 Å². The third-order valence-corrected chi connectivity index (χ3v) is 14.3. The molecule has 0 saturated carbocycles. The summed E-state index contributed by atoms with van der Waals surface area (Å²) in [7, 11) is 0. The number of aliphatic hydroxyl groups excluding tert-OH is 2. The molecule has 0 unspecified atom stereocenters. The molecule has 8 rings (SSSR count). The smallest absolute Gasteiger partial charge is 0.392 e. The number of ketones is 2. The van der Waals surface area contributed by atoms with Gasteiger partial charge in [0.25, 0.3) is 0 Å². The van der Waals surface area contributed by atoms with E-state index in [9.17, 15) is 55.7 Å². The Hall–Kier alpha value is -5.46. The van der Waals surface area contributed by atoms with Crippen molar-refractivity contribution in [3.05, 3.63) is 158 Å². The predicted molar refractivity (Wildman–Crippen MR) is 263 cm³/mol. The number of Topliss-reactive ketones (excluding diaryl/α,β-unsaturated/α-hetero) is 2. The van der Waals surface area contributed by atoms with Crippen molar-refractivity contribution in [2.24, 2.45) is 22.3 Å². The zero-order chi connectivity index (χ0) is 51.4. The van der Waals surface area contributed by atoms with Crippen LogP contribution in [0.2, 0.25) is 0 Å². The van der Waals surface area contributed by atoms with Crippen LogP contribution in [0.15, 0.2) is 72.8 Å². The Bertz CT molecular complexity index is 2900. The summed E-state index contributed by atoms with van der Waals surface area (Å²) in [6, 6.07) is 20.0. The zero-order valence-corrected chi connectivity index (χ0v) is 42.4. The van der Waals surface area contributed by atoms with E-state index >= 15 is 0 Å². The summed E-state index contributed by atoms with van der Waals surface area (Å²) in [5.41, 5.74) is 12.4. The Morgan fingerprint density at radius 3 is 1.41 bits per heavy atom. The normalized spacial score (nSPS) is 15.2. The molecule has 12 nitrogen and oxygen atoms in total. The molecular formula is C50H46F6I2N6O6. The highest BCUT2D eigenvalue weighted by molar-refractivity contribution is 14.1. The van der Waals surface area contributed by atoms with Gasteiger partial charge in [0.15, 0.2) is 23.0 Å². The second-order valence-corrected chi connectivity index (χ2v) is 21.3. The van der Waals surface area contributed by atoms with Crippen LogP contribution >= 0.6 is 45.2 Å². The first-order valence-electron chi connectivity index (χ1n) is 21.7. The number of hydrogen-bond acceptors (Lipinski definition) is 8. The number of primary amides is 2. The van der Waals surface area contributed by atoms with Crippen LogP contribution in [0, 0.1) is 18.0 Å². The Morgan fingerprint density at radius 2 is 1.03 bits per heavy atom. The lowest BCUT2D eigenvalue weighted by molar-refractivity contribution is -0.142. The summed E-state index contributed by atoms with van der Waals surface area (Å²) >= 11 is 4.21. The van der Waals surface area contributed by atoms with Gasteiger partial charge in [-0.25, -0.2) is 9.36 Å². The second kappa shape index (κ2) is 19.6. The number of benzene rings is 4. The Labute approximate surface area is 425 Å². The molecule has 2 aromatic heterocycles. The first kappa shape index (κ1) is 52.4. The molecule has 6 N–H and O–H groups in total. The van der Waals surface area contributed by atoms with E-state index in [0.29, 0.717) is 22.5 Å². The molecule has 0 radical (unpaired) electrons. The number of alkyl halides is 6. The van der Waals surface area contributed by atoms with Crippen molar-refractivity contribution in [2.45, 2.75) is 91.8 Å². The van der Waals surface area contributed by atoms with E-state index in [1.54, 1.807) is 24.3 Å². The molecule has 2 aliphatic carbocycles. The third-order valence-electron chi connectivity index (χ3n) is 12.2. The molecule has 0 atom stereocenters. The molecule has 2 amide bonds. The lowest BCUT2D eigenvalue weighted by Gasteiger charge is -2.29. The van der Waals surface area contributed by atoms with E-state index in [1.165, 1.54) is 33.6 Å². The minimum Gasteiger partial charge on any atom is -0.392 e. The molecule has 0 saturated heterocycles. The quantitative estimate of drug-likeness (QED) is 0.0768. The van der Waals surface area contributed by atoms with Gasteiger partial charge in [-0.15, -0.1) is 0 Å². The van der Waals surface area contributed by atoms with Gasteiger partial charge in [0.1, 0.15) is 0 Å². The number of aliphatic hydroxyl groups is 2. The van der Waals surface area contributed by atoms with Crippen molar-refractivity contribution in [3.63, 3.8) is 0 Å². The molecule has 2 aliphatic rings. The van der Waals surface area contributed by atoms with Crippen molar-refractivity contribution < 1.29 is 55.7 Å². The number of aromatic nitrogens is 4. The first-order chi connectivity index (χ1) is 32.6. The lowest BCUT2D eigenvalue weighted by atomic mass is 9.75. The number of carbonyl (C=O) groups excluding carboxylic acids is 4. The number of amides is 2. The molecular weight excluding hydrogens is 1150 g/mol. The molecule has 20 heteroatoms. The maximum atomic E-state index is 13.8. The minimum absolute atomic E-state index is 0.000629. The summed E-state index contributed by atoms with van der Waals surface area (Å²) in [6.45, 7) is 7.01. The Balaban J connectivity index is 0.000000206. The average molecular weight is 1200 g/mol. The summed E-state index contributed by atoms with van der Waals surface area (Å²) in [6.07, 6.45) is -8.58. The van der Waals surface area contributed by atoms with Crippen molar-refractivity contribution in [1.82, 2.24) is 19.6 Å². The minimum atomic E-state index is -4.79. The van der Waals surface area contributed by atoms with Gasteiger partial charge >= 0.3 is 12.4 Å². The highest BCUT2D eigenvalue weighted by atomic mass is 131. The van der Waals surface area contributed by atoms with Gasteiger partial charge < -0.3 is 21.7 Å². The summed E-state index contributed by atoms with van der Waals surface area (Å²) in [5.74, 6) is -2.51. The van der Waals surface area contributed by atoms with Gasteiger partial charge in [-0.3, -0.25) is 19.2 Å². The van der Waals surface area contributed by atoms with Gasteiger partial charge in [0.2, 0.25) is 11.8 Å². The number of nitrogens with zero attached hydrogens (tertiary/aromatic N) is 4. The number of carbonyl (C=O) groups is 4. The number of nitrogens with two attached hydrogens (primary N) is 2. The molecule has 4 aromatic carbocycles. The van der Waals surface area contributed by atoms with Crippen molar-refractivity contribution >= 4 is 68.6 Å². The van der Waals surface area contributed by atoms with Gasteiger partial charge in [-0.1, -0.05) is 52.0 Å². The van der Waals surface area contributed by atoms with E-state index < -0.39 is 58.0 Å². The maximum Gasteiger partial charge on any atom is 0.435 e. The lowest BCUT2D eigenvalue weighted by Crippen LogP contribution is -2.29. The fraction of sp³-hybridized carbons (Fsp3) is 0.320. The molecule has 2 heterocycles. The third kappa shape index (κ3) is 11.0. The fourth-order valence-corrected chi connectivity index (χ4v) is 10.1. The number of hydrogen-bond donors (Lipinski definition) is 4. The van der Waals surface area contributed by atoms with E-state index in [0.717, 1.165) is 29.4 Å². The Kier molecular flexibility index (Phi) is 14.7. The highest BCUT2D eigenvalue weighted by Crippen LogP contribution is 2.44. The van der Waals surface area contributed by atoms with E-state index in [1.807, 2.05) is 52.0 Å². The van der Waals surface area contributed by atoms with Crippen molar-refractivity contribution in [2.75, 3.05) is 0 Å². The predicted octanol–water partition coefficient (Wildman–Crippen LogP) is 9.67. The number of rotatable bonds is 10. The van der Waals surface area contributed by atoms with Gasteiger partial charge in [0, 0.05) is 31.1 Å². The standard InChI is InChI=1S/2C25H23F3IN3O3/c2*1-24(2)10-19-21(20(34)11-24)22(25(26,27)28)31-32(19)16-4-5-17(23(30)35)14(9-16)7-13-3-6-18(29)15(8-13)12-33/h2*3-6,8-9,33H,7,10-12H2,1-2H3,(H2,30,35)/i29+4;29-3. The fourth-order valence-electron chi connectivity index (χ4n) is 9.08. The van der Waals surface area contributed by atoms with E-state index in [4.69, 9.17) is 11.5 Å². The molecule has 0 spiro atoms. The number of fused-ring (bicyclic) bond motifs is 2. The number of halogens is 8.